The van der Waals surface area contributed by atoms with Crippen LogP contribution in [0.15, 0.2) is 0 Å². The summed E-state index contributed by atoms with van der Waals surface area (Å²) in [6.45, 7) is 0.618. The summed E-state index contributed by atoms with van der Waals surface area (Å²) in [6.07, 6.45) is 5.99. The Balaban J connectivity index is 0.000000605. The first kappa shape index (κ1) is 9.26. The predicted octanol–water partition coefficient (Wildman–Crippen LogP) is 2.00. The molecule has 1 aliphatic carbocycles. The minimum Gasteiger partial charge on any atom is -0.203 e. The molecule has 0 atom stereocenters. The average Bonchev–Trinajstić information content (AvgIpc) is 2.39. The minimum absolute atomic E-state index is 0. The van der Waals surface area contributed by atoms with Gasteiger partial charge in [0, 0.05) is 0 Å². The lowest BCUT2D eigenvalue weighted by Gasteiger charge is -2.27. The molecular formula is C7H13ClO3. The van der Waals surface area contributed by atoms with Gasteiger partial charge in [0.05, 0.1) is 0 Å². The Kier molecular flexibility index (Phi) is 3.13. The van der Waals surface area contributed by atoms with Gasteiger partial charge in [0.2, 0.25) is 0 Å². The van der Waals surface area contributed by atoms with Gasteiger partial charge in [-0.1, -0.05) is 24.3 Å². The van der Waals surface area contributed by atoms with Crippen LogP contribution in [0.1, 0.15) is 32.1 Å². The molecule has 11 heavy (non-hydrogen) atoms. The molecule has 0 amide bonds. The summed E-state index contributed by atoms with van der Waals surface area (Å²) in [6, 6.07) is 0. The number of hydrogen-bond donors (Lipinski definition) is 0. The van der Waals surface area contributed by atoms with Crippen LogP contribution in [0.5, 0.6) is 0 Å². The van der Waals surface area contributed by atoms with Crippen molar-refractivity contribution < 1.29 is 14.8 Å². The fourth-order valence-corrected chi connectivity index (χ4v) is 1.68. The second-order valence-electron chi connectivity index (χ2n) is 3.16. The van der Waals surface area contributed by atoms with E-state index in [0.717, 1.165) is 12.8 Å². The van der Waals surface area contributed by atoms with Gasteiger partial charge < -0.3 is 0 Å². The Bertz CT molecular complexity index is 115. The molecule has 1 aliphatic heterocycles. The third-order valence-electron chi connectivity index (χ3n) is 2.35. The van der Waals surface area contributed by atoms with E-state index in [0.29, 0.717) is 6.61 Å². The fourth-order valence-electron chi connectivity index (χ4n) is 1.68. The topological polar surface area (TPSA) is 27.7 Å². The maximum atomic E-state index is 5.06. The zero-order chi connectivity index (χ0) is 6.86. The molecule has 1 heterocycles. The van der Waals surface area contributed by atoms with Crippen LogP contribution >= 0.6 is 12.4 Å². The summed E-state index contributed by atoms with van der Waals surface area (Å²) in [5, 5.41) is 4.44. The number of rotatable bonds is 0. The predicted molar refractivity (Wildman–Crippen MR) is 41.2 cm³/mol. The summed E-state index contributed by atoms with van der Waals surface area (Å²) in [5.41, 5.74) is -0.0712. The largest absolute Gasteiger partial charge is 0.203 e. The van der Waals surface area contributed by atoms with Crippen LogP contribution in [-0.4, -0.2) is 12.2 Å². The van der Waals surface area contributed by atoms with Crippen LogP contribution in [0.4, 0.5) is 0 Å². The second kappa shape index (κ2) is 3.72. The van der Waals surface area contributed by atoms with Gasteiger partial charge in [-0.25, -0.2) is 4.89 Å². The number of hydrogen-bond acceptors (Lipinski definition) is 3. The van der Waals surface area contributed by atoms with Gasteiger partial charge in [0.15, 0.2) is 0 Å². The zero-order valence-electron chi connectivity index (χ0n) is 6.38. The van der Waals surface area contributed by atoms with Crippen molar-refractivity contribution in [2.75, 3.05) is 6.61 Å². The third-order valence-corrected chi connectivity index (χ3v) is 2.35. The molecule has 2 rings (SSSR count). The lowest BCUT2D eigenvalue weighted by Crippen LogP contribution is -2.33. The van der Waals surface area contributed by atoms with Crippen molar-refractivity contribution in [2.45, 2.75) is 37.7 Å². The smallest absolute Gasteiger partial charge is 0.133 e. The van der Waals surface area contributed by atoms with E-state index in [4.69, 9.17) is 9.78 Å². The van der Waals surface area contributed by atoms with E-state index < -0.39 is 0 Å². The summed E-state index contributed by atoms with van der Waals surface area (Å²) in [4.78, 5) is 9.77. The van der Waals surface area contributed by atoms with Gasteiger partial charge in [-0.15, -0.1) is 12.4 Å². The van der Waals surface area contributed by atoms with Gasteiger partial charge in [-0.3, -0.25) is 0 Å². The van der Waals surface area contributed by atoms with Crippen molar-refractivity contribution >= 4 is 12.4 Å². The van der Waals surface area contributed by atoms with Crippen molar-refractivity contribution in [3.8, 4) is 0 Å². The number of halogens is 1. The summed E-state index contributed by atoms with van der Waals surface area (Å²) >= 11 is 0. The van der Waals surface area contributed by atoms with Crippen LogP contribution in [0, 0.1) is 0 Å². The Morgan fingerprint density at radius 2 is 1.73 bits per heavy atom. The summed E-state index contributed by atoms with van der Waals surface area (Å²) in [5.74, 6) is 0. The average molecular weight is 181 g/mol. The summed E-state index contributed by atoms with van der Waals surface area (Å²) < 4.78 is 0. The molecule has 4 heteroatoms. The van der Waals surface area contributed by atoms with Crippen LogP contribution in [-0.2, 0) is 14.8 Å². The first-order valence-corrected chi connectivity index (χ1v) is 3.89. The highest BCUT2D eigenvalue weighted by Crippen LogP contribution is 2.35. The molecule has 2 aliphatic rings. The van der Waals surface area contributed by atoms with E-state index in [9.17, 15) is 0 Å². The molecule has 0 aromatic rings. The van der Waals surface area contributed by atoms with Crippen molar-refractivity contribution in [1.29, 1.82) is 0 Å². The SMILES string of the molecule is C1CCC2(CC1)COOO2.Cl. The second-order valence-corrected chi connectivity index (χ2v) is 3.16. The molecule has 0 N–H and O–H groups in total. The van der Waals surface area contributed by atoms with Gasteiger partial charge in [-0.05, 0) is 12.8 Å². The molecular weight excluding hydrogens is 168 g/mol. The quantitative estimate of drug-likeness (QED) is 0.534. The lowest BCUT2D eigenvalue weighted by molar-refractivity contribution is -0.471. The van der Waals surface area contributed by atoms with Crippen molar-refractivity contribution in [3.05, 3.63) is 0 Å². The summed E-state index contributed by atoms with van der Waals surface area (Å²) in [7, 11) is 0. The minimum atomic E-state index is -0.0712. The van der Waals surface area contributed by atoms with Gasteiger partial charge in [0.1, 0.15) is 12.2 Å². The Labute approximate surface area is 72.3 Å². The van der Waals surface area contributed by atoms with Gasteiger partial charge >= 0.3 is 0 Å². The molecule has 0 radical (unpaired) electrons. The lowest BCUT2D eigenvalue weighted by atomic mass is 9.86. The van der Waals surface area contributed by atoms with E-state index >= 15 is 0 Å². The first-order chi connectivity index (χ1) is 4.91. The van der Waals surface area contributed by atoms with Crippen LogP contribution in [0.3, 0.4) is 0 Å². The highest BCUT2D eigenvalue weighted by atomic mass is 35.5. The van der Waals surface area contributed by atoms with Crippen molar-refractivity contribution in [2.24, 2.45) is 0 Å². The highest BCUT2D eigenvalue weighted by molar-refractivity contribution is 5.85. The fraction of sp³-hybridized carbons (Fsp3) is 1.00. The zero-order valence-corrected chi connectivity index (χ0v) is 7.19. The molecule has 0 bridgehead atoms. The maximum Gasteiger partial charge on any atom is 0.133 e. The van der Waals surface area contributed by atoms with E-state index in [1.165, 1.54) is 19.3 Å². The Morgan fingerprint density at radius 1 is 1.00 bits per heavy atom. The Morgan fingerprint density at radius 3 is 2.27 bits per heavy atom. The van der Waals surface area contributed by atoms with Crippen LogP contribution in [0.25, 0.3) is 0 Å². The van der Waals surface area contributed by atoms with E-state index in [1.54, 1.807) is 0 Å². The molecule has 0 aromatic carbocycles. The molecule has 1 saturated carbocycles. The molecule has 0 aromatic heterocycles. The van der Waals surface area contributed by atoms with Crippen LogP contribution in [0.2, 0.25) is 0 Å². The van der Waals surface area contributed by atoms with Crippen molar-refractivity contribution in [3.63, 3.8) is 0 Å². The maximum absolute atomic E-state index is 5.06. The third kappa shape index (κ3) is 1.85. The van der Waals surface area contributed by atoms with Gasteiger partial charge in [-0.2, -0.15) is 4.89 Å². The van der Waals surface area contributed by atoms with Crippen LogP contribution < -0.4 is 0 Å². The van der Waals surface area contributed by atoms with E-state index in [2.05, 4.69) is 5.04 Å². The van der Waals surface area contributed by atoms with Gasteiger partial charge in [0.25, 0.3) is 0 Å². The normalized spacial score (nSPS) is 28.4. The Hall–Kier alpha value is 0.170. The van der Waals surface area contributed by atoms with E-state index in [1.807, 2.05) is 0 Å². The standard InChI is InChI=1S/C7H12O3.ClH/c1-2-4-7(5-3-1)6-8-10-9-7;/h1-6H2;1H. The van der Waals surface area contributed by atoms with Crippen molar-refractivity contribution in [1.82, 2.24) is 0 Å². The molecule has 1 spiro atoms. The molecule has 3 nitrogen and oxygen atoms in total. The first-order valence-electron chi connectivity index (χ1n) is 3.89. The molecule has 2 fully saturated rings. The molecule has 0 unspecified atom stereocenters. The van der Waals surface area contributed by atoms with E-state index in [-0.39, 0.29) is 18.0 Å². The molecule has 1 saturated heterocycles. The highest BCUT2D eigenvalue weighted by Gasteiger charge is 2.39. The molecule has 66 valence electrons. The monoisotopic (exact) mass is 180 g/mol.